The van der Waals surface area contributed by atoms with E-state index >= 15 is 0 Å². The Hall–Kier alpha value is -6.76. The predicted molar refractivity (Wildman–Crippen MR) is 304 cm³/mol. The van der Waals surface area contributed by atoms with Crippen molar-refractivity contribution < 1.29 is 8.83 Å². The molecule has 3 aromatic heterocycles. The number of para-hydroxylation sites is 3. The van der Waals surface area contributed by atoms with Crippen LogP contribution in [0.2, 0.25) is 0 Å². The minimum Gasteiger partial charge on any atom is -0.454 e. The number of rotatable bonds is 4. The molecule has 1 aliphatic heterocycles. The standard InChI is InChI=1S/C65H58BN2O2S/c1-36-31-45-47(64(6,7)29-27-62(45,2)3)34-51(36)68-57-43-33-46-48(65(8,9)30-28-63(46,4)5)35-54(43)71-61(57)66-56-44(32-42-40-20-13-15-24-53(40)70-60(42)58(56)68)55-38-18-11-10-17-37(38)25-26-49(55)67-50-22-16-21-41-39-19-12-14-23-52(39)69-59(41)50/h10-26,31-35,67H,27-30H2,1-9H3. The van der Waals surface area contributed by atoms with Crippen LogP contribution in [0.1, 0.15) is 109 Å². The van der Waals surface area contributed by atoms with Gasteiger partial charge in [-0.25, -0.2) is 0 Å². The second-order valence-corrected chi connectivity index (χ2v) is 24.8. The topological polar surface area (TPSA) is 41.5 Å². The van der Waals surface area contributed by atoms with Gasteiger partial charge in [-0.2, -0.15) is 0 Å². The molecule has 4 heterocycles. The molecule has 1 N–H and O–H groups in total. The fourth-order valence-electron chi connectivity index (χ4n) is 13.0. The minimum atomic E-state index is 0.00895. The molecular weight excluding hydrogens is 884 g/mol. The molecule has 11 aromatic rings. The Kier molecular flexibility index (Phi) is 8.90. The highest BCUT2D eigenvalue weighted by Crippen LogP contribution is 2.55. The summed E-state index contributed by atoms with van der Waals surface area (Å²) in [5, 5.41) is 12.1. The van der Waals surface area contributed by atoms with Crippen LogP contribution in [0.25, 0.3) is 75.9 Å². The zero-order valence-corrected chi connectivity index (χ0v) is 43.1. The fraction of sp³-hybridized carbons (Fsp3) is 0.262. The molecular formula is C65H58BN2O2S. The molecule has 0 atom stereocenters. The lowest BCUT2D eigenvalue weighted by molar-refractivity contribution is 0.332. The van der Waals surface area contributed by atoms with Gasteiger partial charge in [0, 0.05) is 48.6 Å². The summed E-state index contributed by atoms with van der Waals surface area (Å²) >= 11 is 1.94. The minimum absolute atomic E-state index is 0.00895. The van der Waals surface area contributed by atoms with Crippen LogP contribution in [0, 0.1) is 6.92 Å². The second-order valence-electron chi connectivity index (χ2n) is 23.7. The number of thiophene rings is 1. The second kappa shape index (κ2) is 14.7. The Bertz CT molecular complexity index is 4100. The van der Waals surface area contributed by atoms with Crippen molar-refractivity contribution in [1.29, 1.82) is 0 Å². The SMILES string of the molecule is Cc1cc2c(cc1N1c3c(sc4cc5c(cc34)C(C)(C)CCC5(C)C)[B]c3c(-c4c(Nc5cccc6c5oc5ccccc56)ccc5ccccc45)cc4c(oc5ccccc54)c31)C(C)(C)CCC2(C)C. The Morgan fingerprint density at radius 3 is 1.79 bits per heavy atom. The Morgan fingerprint density at radius 2 is 1.08 bits per heavy atom. The van der Waals surface area contributed by atoms with Gasteiger partial charge in [-0.15, -0.1) is 11.3 Å². The summed E-state index contributed by atoms with van der Waals surface area (Å²) in [7, 11) is 2.51. The predicted octanol–water partition coefficient (Wildman–Crippen LogP) is 17.7. The van der Waals surface area contributed by atoms with Gasteiger partial charge in [0.2, 0.25) is 7.28 Å². The molecule has 14 rings (SSSR count). The van der Waals surface area contributed by atoms with Crippen LogP contribution in [0.5, 0.6) is 0 Å². The molecule has 1 radical (unpaired) electrons. The van der Waals surface area contributed by atoms with Crippen molar-refractivity contribution in [3.63, 3.8) is 0 Å². The van der Waals surface area contributed by atoms with E-state index in [4.69, 9.17) is 8.83 Å². The first-order valence-corrected chi connectivity index (χ1v) is 26.5. The molecule has 4 nitrogen and oxygen atoms in total. The average molecular weight is 942 g/mol. The van der Waals surface area contributed by atoms with Gasteiger partial charge in [0.1, 0.15) is 11.2 Å². The van der Waals surface area contributed by atoms with E-state index < -0.39 is 0 Å². The van der Waals surface area contributed by atoms with E-state index in [2.05, 4.69) is 207 Å². The first kappa shape index (κ1) is 43.1. The largest absolute Gasteiger partial charge is 0.454 e. The fourth-order valence-corrected chi connectivity index (χ4v) is 14.2. The van der Waals surface area contributed by atoms with Gasteiger partial charge in [0.25, 0.3) is 0 Å². The van der Waals surface area contributed by atoms with E-state index in [1.165, 1.54) is 77.7 Å². The molecule has 0 saturated heterocycles. The van der Waals surface area contributed by atoms with E-state index in [9.17, 15) is 0 Å². The van der Waals surface area contributed by atoms with Crippen molar-refractivity contribution in [2.75, 3.05) is 10.2 Å². The number of hydrogen-bond donors (Lipinski definition) is 1. The Labute approximate surface area is 420 Å². The number of aryl methyl sites for hydroxylation is 1. The van der Waals surface area contributed by atoms with Gasteiger partial charge < -0.3 is 19.1 Å². The summed E-state index contributed by atoms with van der Waals surface area (Å²) in [6, 6.07) is 49.5. The highest BCUT2D eigenvalue weighted by atomic mass is 32.1. The van der Waals surface area contributed by atoms with E-state index in [-0.39, 0.29) is 21.7 Å². The summed E-state index contributed by atoms with van der Waals surface area (Å²) < 4.78 is 16.5. The molecule has 0 bridgehead atoms. The molecule has 0 spiro atoms. The molecule has 8 aromatic carbocycles. The van der Waals surface area contributed by atoms with Crippen molar-refractivity contribution in [1.82, 2.24) is 0 Å². The maximum atomic E-state index is 7.28. The van der Waals surface area contributed by atoms with Crippen LogP contribution < -0.4 is 20.5 Å². The number of hydrogen-bond acceptors (Lipinski definition) is 5. The summed E-state index contributed by atoms with van der Waals surface area (Å²) in [5.74, 6) is 0. The maximum absolute atomic E-state index is 7.28. The van der Waals surface area contributed by atoms with Gasteiger partial charge in [-0.1, -0.05) is 140 Å². The van der Waals surface area contributed by atoms with Crippen molar-refractivity contribution in [3.8, 4) is 11.1 Å². The molecule has 349 valence electrons. The van der Waals surface area contributed by atoms with Crippen LogP contribution in [0.15, 0.2) is 142 Å². The van der Waals surface area contributed by atoms with Crippen LogP contribution in [-0.2, 0) is 21.7 Å². The third kappa shape index (κ3) is 6.22. The number of benzene rings is 8. The molecule has 0 unspecified atom stereocenters. The molecule has 0 fully saturated rings. The zero-order chi connectivity index (χ0) is 48.5. The first-order chi connectivity index (χ1) is 34.1. The highest BCUT2D eigenvalue weighted by molar-refractivity contribution is 7.29. The lowest BCUT2D eigenvalue weighted by Gasteiger charge is -2.43. The van der Waals surface area contributed by atoms with Gasteiger partial charge in [-0.3, -0.25) is 0 Å². The normalized spacial score (nSPS) is 17.4. The monoisotopic (exact) mass is 941 g/mol. The smallest absolute Gasteiger partial charge is 0.212 e. The van der Waals surface area contributed by atoms with Crippen molar-refractivity contribution in [2.45, 2.75) is 110 Å². The number of anilines is 5. The Morgan fingerprint density at radius 1 is 0.507 bits per heavy atom. The molecule has 0 saturated carbocycles. The van der Waals surface area contributed by atoms with Crippen LogP contribution in [0.3, 0.4) is 0 Å². The number of furan rings is 2. The third-order valence-electron chi connectivity index (χ3n) is 17.3. The van der Waals surface area contributed by atoms with Crippen LogP contribution >= 0.6 is 11.3 Å². The summed E-state index contributed by atoms with van der Waals surface area (Å²) in [6.07, 6.45) is 4.64. The molecule has 6 heteroatoms. The van der Waals surface area contributed by atoms with Gasteiger partial charge in [-0.05, 0) is 157 Å². The average Bonchev–Trinajstić information content (AvgIpc) is 4.05. The first-order valence-electron chi connectivity index (χ1n) is 25.7. The van der Waals surface area contributed by atoms with E-state index in [1.54, 1.807) is 0 Å². The molecule has 0 amide bonds. The highest BCUT2D eigenvalue weighted by Gasteiger charge is 2.42. The van der Waals surface area contributed by atoms with Gasteiger partial charge >= 0.3 is 0 Å². The number of nitrogens with zero attached hydrogens (tertiary/aromatic N) is 1. The van der Waals surface area contributed by atoms with E-state index in [0.717, 1.165) is 90.4 Å². The lowest BCUT2D eigenvalue weighted by Crippen LogP contribution is -2.40. The number of fused-ring (bicyclic) bond motifs is 14. The number of nitrogens with one attached hydrogen (secondary N) is 1. The quantitative estimate of drug-likeness (QED) is 0.179. The van der Waals surface area contributed by atoms with Crippen molar-refractivity contribution in [2.24, 2.45) is 0 Å². The maximum Gasteiger partial charge on any atom is 0.212 e. The summed E-state index contributed by atoms with van der Waals surface area (Å²) in [4.78, 5) is 2.66. The zero-order valence-electron chi connectivity index (χ0n) is 42.3. The van der Waals surface area contributed by atoms with Gasteiger partial charge in [0.05, 0.1) is 17.1 Å². The molecule has 3 aliphatic rings. The summed E-state index contributed by atoms with van der Waals surface area (Å²) in [6.45, 7) is 21.9. The third-order valence-corrected chi connectivity index (χ3v) is 18.4. The lowest BCUT2D eigenvalue weighted by atomic mass is 9.60. The van der Waals surface area contributed by atoms with Gasteiger partial charge in [0.15, 0.2) is 11.2 Å². The van der Waals surface area contributed by atoms with Crippen LogP contribution in [-0.4, -0.2) is 7.28 Å². The summed E-state index contributed by atoms with van der Waals surface area (Å²) in [5.41, 5.74) is 19.9. The Balaban J connectivity index is 1.11. The van der Waals surface area contributed by atoms with Crippen molar-refractivity contribution >= 4 is 122 Å². The van der Waals surface area contributed by atoms with Crippen molar-refractivity contribution in [3.05, 3.63) is 161 Å². The van der Waals surface area contributed by atoms with E-state index in [1.807, 2.05) is 17.4 Å². The van der Waals surface area contributed by atoms with E-state index in [0.29, 0.717) is 0 Å². The molecule has 2 aliphatic carbocycles. The van der Waals surface area contributed by atoms with Crippen LogP contribution in [0.4, 0.5) is 28.4 Å². The molecule has 71 heavy (non-hydrogen) atoms.